The molecule has 106 valence electrons. The van der Waals surface area contributed by atoms with Crippen LogP contribution in [0.4, 0.5) is 0 Å². The molecule has 0 aliphatic rings. The van der Waals surface area contributed by atoms with Gasteiger partial charge in [0.05, 0.1) is 0 Å². The molecule has 0 spiro atoms. The van der Waals surface area contributed by atoms with Gasteiger partial charge in [0.25, 0.3) is 0 Å². The summed E-state index contributed by atoms with van der Waals surface area (Å²) >= 11 is 0. The Kier molecular flexibility index (Phi) is 3.89. The second-order valence-corrected chi connectivity index (χ2v) is 5.16. The van der Waals surface area contributed by atoms with Crippen LogP contribution in [0.25, 0.3) is 10.8 Å². The van der Waals surface area contributed by atoms with Gasteiger partial charge in [-0.3, -0.25) is 0 Å². The monoisotopic (exact) mass is 277 g/mol. The molecule has 0 aliphatic heterocycles. The van der Waals surface area contributed by atoms with Gasteiger partial charge in [-0.1, -0.05) is 55.5 Å². The standard InChI is InChI=1S/C19H19NO/c1-2-18(20)15-10-12-16(13-11-15)21-19-9-5-7-14-6-3-4-8-17(14)19/h3-13,18H,2,20H2,1H3. The molecular weight excluding hydrogens is 258 g/mol. The fourth-order valence-corrected chi connectivity index (χ4v) is 2.43. The van der Waals surface area contributed by atoms with Crippen LogP contribution < -0.4 is 10.5 Å². The van der Waals surface area contributed by atoms with Gasteiger partial charge in [0.15, 0.2) is 0 Å². The van der Waals surface area contributed by atoms with Crippen molar-refractivity contribution in [2.24, 2.45) is 5.73 Å². The lowest BCUT2D eigenvalue weighted by Crippen LogP contribution is -2.07. The molecule has 3 aromatic rings. The second-order valence-electron chi connectivity index (χ2n) is 5.16. The number of ether oxygens (including phenoxy) is 1. The highest BCUT2D eigenvalue weighted by Crippen LogP contribution is 2.30. The molecule has 2 heteroatoms. The Morgan fingerprint density at radius 2 is 1.62 bits per heavy atom. The van der Waals surface area contributed by atoms with Gasteiger partial charge in [-0.15, -0.1) is 0 Å². The summed E-state index contributed by atoms with van der Waals surface area (Å²) in [6.45, 7) is 2.09. The van der Waals surface area contributed by atoms with Crippen molar-refractivity contribution in [2.75, 3.05) is 0 Å². The zero-order chi connectivity index (χ0) is 14.7. The smallest absolute Gasteiger partial charge is 0.135 e. The molecule has 3 aromatic carbocycles. The Bertz CT molecular complexity index is 729. The predicted molar refractivity (Wildman–Crippen MR) is 87.7 cm³/mol. The molecule has 1 atom stereocenters. The SMILES string of the molecule is CCC(N)c1ccc(Oc2cccc3ccccc23)cc1. The van der Waals surface area contributed by atoms with Crippen molar-refractivity contribution >= 4 is 10.8 Å². The van der Waals surface area contributed by atoms with Gasteiger partial charge in [-0.05, 0) is 35.6 Å². The highest BCUT2D eigenvalue weighted by Gasteiger charge is 2.05. The summed E-state index contributed by atoms with van der Waals surface area (Å²) < 4.78 is 6.02. The summed E-state index contributed by atoms with van der Waals surface area (Å²) in [5.41, 5.74) is 7.17. The van der Waals surface area contributed by atoms with E-state index in [9.17, 15) is 0 Å². The first-order valence-corrected chi connectivity index (χ1v) is 7.29. The molecule has 0 saturated heterocycles. The molecule has 2 N–H and O–H groups in total. The van der Waals surface area contributed by atoms with Gasteiger partial charge >= 0.3 is 0 Å². The zero-order valence-corrected chi connectivity index (χ0v) is 12.1. The molecule has 0 saturated carbocycles. The molecule has 3 rings (SSSR count). The van der Waals surface area contributed by atoms with Gasteiger partial charge in [0.2, 0.25) is 0 Å². The summed E-state index contributed by atoms with van der Waals surface area (Å²) in [4.78, 5) is 0. The molecule has 2 nitrogen and oxygen atoms in total. The van der Waals surface area contributed by atoms with Crippen LogP contribution in [0.5, 0.6) is 11.5 Å². The summed E-state index contributed by atoms with van der Waals surface area (Å²) in [6.07, 6.45) is 0.934. The molecule has 0 fully saturated rings. The Balaban J connectivity index is 1.88. The van der Waals surface area contributed by atoms with Crippen LogP contribution in [0, 0.1) is 0 Å². The minimum Gasteiger partial charge on any atom is -0.457 e. The summed E-state index contributed by atoms with van der Waals surface area (Å²) in [5, 5.41) is 2.30. The van der Waals surface area contributed by atoms with Crippen molar-refractivity contribution in [1.29, 1.82) is 0 Å². The van der Waals surface area contributed by atoms with Crippen LogP contribution in [0.15, 0.2) is 66.7 Å². The molecule has 21 heavy (non-hydrogen) atoms. The van der Waals surface area contributed by atoms with Crippen molar-refractivity contribution in [3.05, 3.63) is 72.3 Å². The molecule has 0 amide bonds. The van der Waals surface area contributed by atoms with Gasteiger partial charge in [0, 0.05) is 11.4 Å². The van der Waals surface area contributed by atoms with Crippen LogP contribution in [-0.4, -0.2) is 0 Å². The van der Waals surface area contributed by atoms with Crippen molar-refractivity contribution in [3.63, 3.8) is 0 Å². The maximum Gasteiger partial charge on any atom is 0.135 e. The van der Waals surface area contributed by atoms with Crippen LogP contribution >= 0.6 is 0 Å². The normalized spacial score (nSPS) is 12.3. The molecule has 0 heterocycles. The Morgan fingerprint density at radius 1 is 0.905 bits per heavy atom. The van der Waals surface area contributed by atoms with E-state index >= 15 is 0 Å². The van der Waals surface area contributed by atoms with Crippen molar-refractivity contribution < 1.29 is 4.74 Å². The largest absolute Gasteiger partial charge is 0.457 e. The third-order valence-corrected chi connectivity index (χ3v) is 3.73. The van der Waals surface area contributed by atoms with Crippen molar-refractivity contribution in [1.82, 2.24) is 0 Å². The van der Waals surface area contributed by atoms with Crippen LogP contribution in [0.3, 0.4) is 0 Å². The third-order valence-electron chi connectivity index (χ3n) is 3.73. The number of benzene rings is 3. The predicted octanol–water partition coefficient (Wildman–Crippen LogP) is 5.04. The first-order chi connectivity index (χ1) is 10.3. The molecule has 1 unspecified atom stereocenters. The minimum absolute atomic E-state index is 0.0941. The quantitative estimate of drug-likeness (QED) is 0.725. The lowest BCUT2D eigenvalue weighted by atomic mass is 10.1. The van der Waals surface area contributed by atoms with E-state index in [1.165, 1.54) is 5.39 Å². The van der Waals surface area contributed by atoms with Gasteiger partial charge in [-0.25, -0.2) is 0 Å². The number of fused-ring (bicyclic) bond motifs is 1. The van der Waals surface area contributed by atoms with Crippen molar-refractivity contribution in [3.8, 4) is 11.5 Å². The summed E-state index contributed by atoms with van der Waals surface area (Å²) in [5.74, 6) is 1.71. The molecule has 0 bridgehead atoms. The van der Waals surface area contributed by atoms with E-state index in [-0.39, 0.29) is 6.04 Å². The van der Waals surface area contributed by atoms with Crippen LogP contribution in [0.1, 0.15) is 24.9 Å². The highest BCUT2D eigenvalue weighted by atomic mass is 16.5. The van der Waals surface area contributed by atoms with Gasteiger partial charge in [-0.2, -0.15) is 0 Å². The molecular formula is C19H19NO. The number of nitrogens with two attached hydrogens (primary N) is 1. The number of hydrogen-bond donors (Lipinski definition) is 1. The Morgan fingerprint density at radius 3 is 2.38 bits per heavy atom. The van der Waals surface area contributed by atoms with E-state index in [1.54, 1.807) is 0 Å². The van der Waals surface area contributed by atoms with Gasteiger partial charge < -0.3 is 10.5 Å². The van der Waals surface area contributed by atoms with E-state index < -0.39 is 0 Å². The van der Waals surface area contributed by atoms with Gasteiger partial charge in [0.1, 0.15) is 11.5 Å². The first kappa shape index (κ1) is 13.7. The average molecular weight is 277 g/mol. The first-order valence-electron chi connectivity index (χ1n) is 7.29. The Hall–Kier alpha value is -2.32. The molecule has 0 radical (unpaired) electrons. The fourth-order valence-electron chi connectivity index (χ4n) is 2.43. The van der Waals surface area contributed by atoms with E-state index in [0.717, 1.165) is 28.9 Å². The number of rotatable bonds is 4. The Labute approximate surface area is 125 Å². The topological polar surface area (TPSA) is 35.2 Å². The molecule has 0 aliphatic carbocycles. The second kappa shape index (κ2) is 5.98. The number of hydrogen-bond acceptors (Lipinski definition) is 2. The minimum atomic E-state index is 0.0941. The van der Waals surface area contributed by atoms with E-state index in [0.29, 0.717) is 0 Å². The summed E-state index contributed by atoms with van der Waals surface area (Å²) in [6, 6.07) is 22.4. The van der Waals surface area contributed by atoms with E-state index in [1.807, 2.05) is 48.5 Å². The summed E-state index contributed by atoms with van der Waals surface area (Å²) in [7, 11) is 0. The highest BCUT2D eigenvalue weighted by molar-refractivity contribution is 5.88. The lowest BCUT2D eigenvalue weighted by molar-refractivity contribution is 0.488. The maximum atomic E-state index is 6.03. The third kappa shape index (κ3) is 2.91. The van der Waals surface area contributed by atoms with E-state index in [4.69, 9.17) is 10.5 Å². The van der Waals surface area contributed by atoms with Crippen molar-refractivity contribution in [2.45, 2.75) is 19.4 Å². The maximum absolute atomic E-state index is 6.03. The molecule has 0 aromatic heterocycles. The lowest BCUT2D eigenvalue weighted by Gasteiger charge is -2.12. The van der Waals surface area contributed by atoms with E-state index in [2.05, 4.69) is 25.1 Å². The van der Waals surface area contributed by atoms with Crippen LogP contribution in [0.2, 0.25) is 0 Å². The fraction of sp³-hybridized carbons (Fsp3) is 0.158. The average Bonchev–Trinajstić information content (AvgIpc) is 2.55. The zero-order valence-electron chi connectivity index (χ0n) is 12.1. The van der Waals surface area contributed by atoms with Crippen LogP contribution in [-0.2, 0) is 0 Å².